The topological polar surface area (TPSA) is 92.8 Å². The number of rotatable bonds is 5. The van der Waals surface area contributed by atoms with Crippen LogP contribution in [0.25, 0.3) is 0 Å². The fourth-order valence-electron chi connectivity index (χ4n) is 1.62. The molecule has 2 atom stereocenters. The first kappa shape index (κ1) is 14.8. The quantitative estimate of drug-likeness (QED) is 0.360. The van der Waals surface area contributed by atoms with E-state index >= 15 is 0 Å². The molecule has 0 aliphatic carbocycles. The molecule has 0 aliphatic heterocycles. The van der Waals surface area contributed by atoms with Gasteiger partial charge in [-0.3, -0.25) is 0 Å². The maximum Gasteiger partial charge on any atom is 0.338 e. The number of hydrogen-bond donors (Lipinski definition) is 4. The number of nitrogens with two attached hydrogens (primary N) is 1. The van der Waals surface area contributed by atoms with Gasteiger partial charge in [0.05, 0.1) is 18.8 Å². The number of anilines is 1. The molecular weight excluding hydrogens is 254 g/mol. The van der Waals surface area contributed by atoms with E-state index in [1.807, 2.05) is 0 Å². The summed E-state index contributed by atoms with van der Waals surface area (Å²) in [5, 5.41) is 19.7. The third kappa shape index (κ3) is 3.38. The number of esters is 1. The van der Waals surface area contributed by atoms with Crippen molar-refractivity contribution in [2.24, 2.45) is 0 Å². The van der Waals surface area contributed by atoms with E-state index in [1.165, 1.54) is 19.2 Å². The van der Waals surface area contributed by atoms with Crippen LogP contribution in [0.15, 0.2) is 18.2 Å². The largest absolute Gasteiger partial charge is 0.465 e. The van der Waals surface area contributed by atoms with Crippen molar-refractivity contribution in [3.8, 4) is 0 Å². The fraction of sp³-hybridized carbons (Fsp3) is 0.417. The summed E-state index contributed by atoms with van der Waals surface area (Å²) >= 11 is 3.99. The highest BCUT2D eigenvalue weighted by molar-refractivity contribution is 7.80. The van der Waals surface area contributed by atoms with Gasteiger partial charge in [0.1, 0.15) is 6.10 Å². The van der Waals surface area contributed by atoms with Crippen molar-refractivity contribution in [3.63, 3.8) is 0 Å². The number of aliphatic hydroxyl groups is 2. The molecule has 0 saturated heterocycles. The second-order valence-electron chi connectivity index (χ2n) is 3.86. The highest BCUT2D eigenvalue weighted by Crippen LogP contribution is 2.25. The summed E-state index contributed by atoms with van der Waals surface area (Å²) in [6.45, 7) is 0. The van der Waals surface area contributed by atoms with E-state index in [4.69, 9.17) is 5.73 Å². The van der Waals surface area contributed by atoms with E-state index in [0.717, 1.165) is 0 Å². The molecule has 1 aromatic rings. The number of methoxy groups -OCH3 is 1. The minimum absolute atomic E-state index is 0.156. The number of aliphatic hydroxyl groups excluding tert-OH is 2. The predicted molar refractivity (Wildman–Crippen MR) is 71.6 cm³/mol. The number of nitrogen functional groups attached to an aromatic ring is 1. The number of thiol groups is 1. The molecule has 4 N–H and O–H groups in total. The van der Waals surface area contributed by atoms with Gasteiger partial charge in [0, 0.05) is 5.69 Å². The highest BCUT2D eigenvalue weighted by atomic mass is 32.1. The van der Waals surface area contributed by atoms with Crippen LogP contribution in [0.3, 0.4) is 0 Å². The van der Waals surface area contributed by atoms with Crippen LogP contribution in [-0.4, -0.2) is 35.1 Å². The highest BCUT2D eigenvalue weighted by Gasteiger charge is 2.23. The van der Waals surface area contributed by atoms with E-state index < -0.39 is 18.2 Å². The van der Waals surface area contributed by atoms with E-state index in [0.29, 0.717) is 23.4 Å². The Morgan fingerprint density at radius 1 is 1.50 bits per heavy atom. The van der Waals surface area contributed by atoms with Gasteiger partial charge < -0.3 is 20.7 Å². The van der Waals surface area contributed by atoms with Gasteiger partial charge in [-0.25, -0.2) is 4.79 Å². The second-order valence-corrected chi connectivity index (χ2v) is 4.31. The van der Waals surface area contributed by atoms with E-state index in [2.05, 4.69) is 17.4 Å². The molecule has 0 bridgehead atoms. The van der Waals surface area contributed by atoms with Crippen molar-refractivity contribution in [2.75, 3.05) is 18.6 Å². The standard InChI is InChI=1S/C12H17NO4S/c1-17-12(16)9-6-7(13)2-3-8(9)11(15)10(14)4-5-18/h2-3,6,10-11,14-15,18H,4-5,13H2,1H3. The molecule has 0 spiro atoms. The Morgan fingerprint density at radius 3 is 2.72 bits per heavy atom. The van der Waals surface area contributed by atoms with Gasteiger partial charge in [0.25, 0.3) is 0 Å². The smallest absolute Gasteiger partial charge is 0.338 e. The van der Waals surface area contributed by atoms with Crippen LogP contribution in [0.2, 0.25) is 0 Å². The Bertz CT molecular complexity index is 425. The molecule has 100 valence electrons. The molecule has 0 saturated carbocycles. The van der Waals surface area contributed by atoms with Gasteiger partial charge in [-0.05, 0) is 29.9 Å². The van der Waals surface area contributed by atoms with Crippen LogP contribution < -0.4 is 5.73 Å². The molecule has 18 heavy (non-hydrogen) atoms. The van der Waals surface area contributed by atoms with E-state index in [9.17, 15) is 15.0 Å². The van der Waals surface area contributed by atoms with Gasteiger partial charge in [0.2, 0.25) is 0 Å². The number of ether oxygens (including phenoxy) is 1. The molecule has 0 aromatic heterocycles. The molecule has 0 aliphatic rings. The lowest BCUT2D eigenvalue weighted by Crippen LogP contribution is -2.21. The predicted octanol–water partition coefficient (Wildman–Crippen LogP) is 0.770. The Labute approximate surface area is 111 Å². The summed E-state index contributed by atoms with van der Waals surface area (Å²) in [4.78, 5) is 11.6. The molecule has 0 amide bonds. The van der Waals surface area contributed by atoms with Crippen LogP contribution in [0.4, 0.5) is 5.69 Å². The summed E-state index contributed by atoms with van der Waals surface area (Å²) in [7, 11) is 1.24. The second kappa shape index (κ2) is 6.63. The van der Waals surface area contributed by atoms with Crippen molar-refractivity contribution >= 4 is 24.3 Å². The number of benzene rings is 1. The van der Waals surface area contributed by atoms with Gasteiger partial charge in [-0.2, -0.15) is 12.6 Å². The molecule has 1 aromatic carbocycles. The first-order valence-corrected chi connectivity index (χ1v) is 6.09. The molecule has 6 heteroatoms. The monoisotopic (exact) mass is 271 g/mol. The molecule has 0 fully saturated rings. The summed E-state index contributed by atoms with van der Waals surface area (Å²) in [5.41, 5.74) is 6.43. The lowest BCUT2D eigenvalue weighted by Gasteiger charge is -2.19. The Hall–Kier alpha value is -1.24. The van der Waals surface area contributed by atoms with Crippen molar-refractivity contribution in [1.82, 2.24) is 0 Å². The first-order valence-electron chi connectivity index (χ1n) is 5.46. The van der Waals surface area contributed by atoms with Crippen LogP contribution >= 0.6 is 12.6 Å². The molecule has 5 nitrogen and oxygen atoms in total. The van der Waals surface area contributed by atoms with Gasteiger partial charge in [-0.1, -0.05) is 6.07 Å². The molecule has 0 radical (unpaired) electrons. The third-order valence-electron chi connectivity index (χ3n) is 2.59. The lowest BCUT2D eigenvalue weighted by molar-refractivity contribution is 0.0160. The molecular formula is C12H17NO4S. The van der Waals surface area contributed by atoms with Gasteiger partial charge in [0.15, 0.2) is 0 Å². The van der Waals surface area contributed by atoms with Crippen molar-refractivity contribution < 1.29 is 19.7 Å². The summed E-state index contributed by atoms with van der Waals surface area (Å²) < 4.78 is 4.62. The number of carbonyl (C=O) groups is 1. The van der Waals surface area contributed by atoms with Crippen molar-refractivity contribution in [1.29, 1.82) is 0 Å². The van der Waals surface area contributed by atoms with Gasteiger partial charge >= 0.3 is 5.97 Å². The zero-order valence-corrected chi connectivity index (χ0v) is 10.9. The number of carbonyl (C=O) groups excluding carboxylic acids is 1. The summed E-state index contributed by atoms with van der Waals surface area (Å²) in [6.07, 6.45) is -1.85. The fourth-order valence-corrected chi connectivity index (χ4v) is 1.88. The molecule has 0 heterocycles. The Balaban J connectivity index is 3.11. The zero-order valence-electron chi connectivity index (χ0n) is 10.0. The zero-order chi connectivity index (χ0) is 13.7. The summed E-state index contributed by atoms with van der Waals surface area (Å²) in [5.74, 6) is -0.171. The van der Waals surface area contributed by atoms with Crippen molar-refractivity contribution in [3.05, 3.63) is 29.3 Å². The van der Waals surface area contributed by atoms with Crippen molar-refractivity contribution in [2.45, 2.75) is 18.6 Å². The lowest BCUT2D eigenvalue weighted by atomic mass is 9.97. The Morgan fingerprint density at radius 2 is 2.17 bits per heavy atom. The minimum Gasteiger partial charge on any atom is -0.465 e. The average Bonchev–Trinajstić information content (AvgIpc) is 2.37. The maximum atomic E-state index is 11.6. The normalized spacial score (nSPS) is 14.0. The summed E-state index contributed by atoms with van der Waals surface area (Å²) in [6, 6.07) is 4.48. The van der Waals surface area contributed by atoms with Crippen LogP contribution in [-0.2, 0) is 4.74 Å². The first-order chi connectivity index (χ1) is 8.51. The number of hydrogen-bond acceptors (Lipinski definition) is 6. The minimum atomic E-state index is -1.17. The van der Waals surface area contributed by atoms with Crippen LogP contribution in [0.5, 0.6) is 0 Å². The van der Waals surface area contributed by atoms with E-state index in [-0.39, 0.29) is 5.56 Å². The van der Waals surface area contributed by atoms with Gasteiger partial charge in [-0.15, -0.1) is 0 Å². The van der Waals surface area contributed by atoms with E-state index in [1.54, 1.807) is 6.07 Å². The Kier molecular flexibility index (Phi) is 5.46. The van der Waals surface area contributed by atoms with Crippen LogP contribution in [0.1, 0.15) is 28.4 Å². The molecule has 1 rings (SSSR count). The van der Waals surface area contributed by atoms with Crippen LogP contribution in [0, 0.1) is 0 Å². The molecule has 2 unspecified atom stereocenters. The third-order valence-corrected chi connectivity index (χ3v) is 2.85. The maximum absolute atomic E-state index is 11.6. The average molecular weight is 271 g/mol. The SMILES string of the molecule is COC(=O)c1cc(N)ccc1C(O)C(O)CCS.